The van der Waals surface area contributed by atoms with E-state index in [0.29, 0.717) is 16.5 Å². The van der Waals surface area contributed by atoms with Gasteiger partial charge in [0, 0.05) is 23.5 Å². The molecule has 0 aromatic heterocycles. The van der Waals surface area contributed by atoms with Crippen molar-refractivity contribution < 1.29 is 19.4 Å². The monoisotopic (exact) mass is 469 g/mol. The number of carbonyl (C=O) groups is 2. The lowest BCUT2D eigenvalue weighted by molar-refractivity contribution is -0.171. The zero-order chi connectivity index (χ0) is 22.8. The third-order valence-electron chi connectivity index (χ3n) is 5.67. The lowest BCUT2D eigenvalue weighted by atomic mass is 9.91. The van der Waals surface area contributed by atoms with Gasteiger partial charge in [0.25, 0.3) is 5.91 Å². The van der Waals surface area contributed by atoms with Gasteiger partial charge < -0.3 is 14.7 Å². The van der Waals surface area contributed by atoms with E-state index >= 15 is 0 Å². The van der Waals surface area contributed by atoms with Gasteiger partial charge in [0.1, 0.15) is 12.2 Å². The standard InChI is InChI=1S/C25H21Cl2NO4/c1-28-22(16-6-10-19(26)11-7-16)23(17-8-12-20(27)13-9-17)32-21(24(28)29)14-15-2-4-18(5-3-15)25(30)31/h2-13,21-23H,14H2,1H3,(H,30,31)/t21-,22?,23-/m0/s1. The number of halogens is 2. The van der Waals surface area contributed by atoms with Crippen molar-refractivity contribution in [1.82, 2.24) is 4.90 Å². The number of carboxylic acid groups (broad SMARTS) is 1. The molecule has 1 saturated heterocycles. The average molecular weight is 470 g/mol. The molecule has 1 unspecified atom stereocenters. The van der Waals surface area contributed by atoms with Crippen molar-refractivity contribution in [2.24, 2.45) is 0 Å². The van der Waals surface area contributed by atoms with Gasteiger partial charge in [0.2, 0.25) is 0 Å². The number of morpholine rings is 1. The van der Waals surface area contributed by atoms with E-state index in [1.54, 1.807) is 48.3 Å². The molecule has 3 atom stereocenters. The van der Waals surface area contributed by atoms with E-state index in [9.17, 15) is 9.59 Å². The molecule has 0 radical (unpaired) electrons. The van der Waals surface area contributed by atoms with Gasteiger partial charge in [-0.3, -0.25) is 4.79 Å². The smallest absolute Gasteiger partial charge is 0.335 e. The first-order chi connectivity index (χ1) is 15.3. The molecule has 0 bridgehead atoms. The molecule has 0 spiro atoms. The molecule has 164 valence electrons. The summed E-state index contributed by atoms with van der Waals surface area (Å²) < 4.78 is 6.39. The van der Waals surface area contributed by atoms with E-state index in [4.69, 9.17) is 33.0 Å². The second-order valence-corrected chi connectivity index (χ2v) is 8.62. The Kier molecular flexibility index (Phi) is 6.51. The maximum atomic E-state index is 13.2. The molecule has 1 amide bonds. The number of amides is 1. The molecular formula is C25H21Cl2NO4. The summed E-state index contributed by atoms with van der Waals surface area (Å²) in [5.41, 5.74) is 2.83. The van der Waals surface area contributed by atoms with E-state index < -0.39 is 18.2 Å². The Balaban J connectivity index is 1.66. The predicted molar refractivity (Wildman–Crippen MR) is 123 cm³/mol. The van der Waals surface area contributed by atoms with Crippen LogP contribution in [0.3, 0.4) is 0 Å². The van der Waals surface area contributed by atoms with Crippen LogP contribution in [0.2, 0.25) is 10.0 Å². The van der Waals surface area contributed by atoms with E-state index in [0.717, 1.165) is 16.7 Å². The van der Waals surface area contributed by atoms with Crippen LogP contribution in [0.4, 0.5) is 0 Å². The summed E-state index contributed by atoms with van der Waals surface area (Å²) in [4.78, 5) is 26.1. The minimum atomic E-state index is -0.991. The van der Waals surface area contributed by atoms with Crippen LogP contribution in [0.25, 0.3) is 0 Å². The molecule has 0 aliphatic carbocycles. The highest BCUT2D eigenvalue weighted by Gasteiger charge is 2.42. The Bertz CT molecular complexity index is 1110. The third kappa shape index (κ3) is 4.65. The Morgan fingerprint density at radius 3 is 1.97 bits per heavy atom. The van der Waals surface area contributed by atoms with Crippen LogP contribution in [0.1, 0.15) is 39.2 Å². The van der Waals surface area contributed by atoms with Gasteiger partial charge in [0.05, 0.1) is 11.6 Å². The first kappa shape index (κ1) is 22.3. The summed E-state index contributed by atoms with van der Waals surface area (Å²) in [6.07, 6.45) is -0.792. The van der Waals surface area contributed by atoms with Crippen LogP contribution in [0.5, 0.6) is 0 Å². The molecule has 5 nitrogen and oxygen atoms in total. The van der Waals surface area contributed by atoms with Gasteiger partial charge in [-0.25, -0.2) is 4.79 Å². The van der Waals surface area contributed by atoms with E-state index in [1.165, 1.54) is 12.1 Å². The van der Waals surface area contributed by atoms with Crippen molar-refractivity contribution in [3.05, 3.63) is 105 Å². The number of benzene rings is 3. The van der Waals surface area contributed by atoms with Crippen molar-refractivity contribution in [3.8, 4) is 0 Å². The second-order valence-electron chi connectivity index (χ2n) is 7.75. The molecule has 3 aromatic carbocycles. The second kappa shape index (κ2) is 9.33. The number of ether oxygens (including phenoxy) is 1. The number of rotatable bonds is 5. The van der Waals surface area contributed by atoms with Gasteiger partial charge in [0.15, 0.2) is 0 Å². The van der Waals surface area contributed by atoms with E-state index in [1.807, 2.05) is 24.3 Å². The van der Waals surface area contributed by atoms with Crippen LogP contribution in [-0.4, -0.2) is 35.0 Å². The minimum Gasteiger partial charge on any atom is -0.478 e. The molecule has 7 heteroatoms. The van der Waals surface area contributed by atoms with Gasteiger partial charge in [-0.1, -0.05) is 59.6 Å². The predicted octanol–water partition coefficient (Wildman–Crippen LogP) is 5.57. The molecular weight excluding hydrogens is 449 g/mol. The maximum Gasteiger partial charge on any atom is 0.335 e. The summed E-state index contributed by atoms with van der Waals surface area (Å²) in [5.74, 6) is -1.13. The molecule has 1 N–H and O–H groups in total. The average Bonchev–Trinajstić information content (AvgIpc) is 2.78. The van der Waals surface area contributed by atoms with E-state index in [-0.39, 0.29) is 17.5 Å². The fourth-order valence-corrected chi connectivity index (χ4v) is 4.23. The van der Waals surface area contributed by atoms with Crippen LogP contribution in [0, 0.1) is 0 Å². The summed E-state index contributed by atoms with van der Waals surface area (Å²) in [6, 6.07) is 20.9. The number of hydrogen-bond donors (Lipinski definition) is 1. The molecule has 1 fully saturated rings. The fourth-order valence-electron chi connectivity index (χ4n) is 3.98. The summed E-state index contributed by atoms with van der Waals surface area (Å²) >= 11 is 12.1. The number of carbonyl (C=O) groups excluding carboxylic acids is 1. The van der Waals surface area contributed by atoms with Crippen molar-refractivity contribution in [3.63, 3.8) is 0 Å². The highest BCUT2D eigenvalue weighted by molar-refractivity contribution is 6.30. The first-order valence-corrected chi connectivity index (χ1v) is 10.8. The molecule has 1 aliphatic heterocycles. The Hall–Kier alpha value is -2.86. The molecule has 1 heterocycles. The van der Waals surface area contributed by atoms with Crippen molar-refractivity contribution >= 4 is 35.1 Å². The number of hydrogen-bond acceptors (Lipinski definition) is 3. The fraction of sp³-hybridized carbons (Fsp3) is 0.200. The van der Waals surface area contributed by atoms with Crippen molar-refractivity contribution in [2.75, 3.05) is 7.05 Å². The first-order valence-electron chi connectivity index (χ1n) is 10.1. The van der Waals surface area contributed by atoms with Crippen LogP contribution in [0.15, 0.2) is 72.8 Å². The normalized spacial score (nSPS) is 20.9. The molecule has 0 saturated carbocycles. The van der Waals surface area contributed by atoms with Crippen molar-refractivity contribution in [1.29, 1.82) is 0 Å². The van der Waals surface area contributed by atoms with Gasteiger partial charge in [-0.05, 0) is 53.1 Å². The number of aromatic carboxylic acids is 1. The molecule has 1 aliphatic rings. The summed E-state index contributed by atoms with van der Waals surface area (Å²) in [7, 11) is 1.77. The van der Waals surface area contributed by atoms with Crippen molar-refractivity contribution in [2.45, 2.75) is 24.7 Å². The highest BCUT2D eigenvalue weighted by atomic mass is 35.5. The molecule has 3 aromatic rings. The summed E-state index contributed by atoms with van der Waals surface area (Å²) in [6.45, 7) is 0. The SMILES string of the molecule is CN1C(=O)[C@H](Cc2ccc(C(=O)O)cc2)O[C@@H](c2ccc(Cl)cc2)C1c1ccc(Cl)cc1. The van der Waals surface area contributed by atoms with Crippen LogP contribution < -0.4 is 0 Å². The van der Waals surface area contributed by atoms with Gasteiger partial charge >= 0.3 is 5.97 Å². The van der Waals surface area contributed by atoms with Crippen LogP contribution >= 0.6 is 23.2 Å². The lowest BCUT2D eigenvalue weighted by Crippen LogP contribution is -2.49. The minimum absolute atomic E-state index is 0.141. The maximum absolute atomic E-state index is 13.2. The van der Waals surface area contributed by atoms with E-state index in [2.05, 4.69) is 0 Å². The Morgan fingerprint density at radius 1 is 0.906 bits per heavy atom. The molecule has 32 heavy (non-hydrogen) atoms. The topological polar surface area (TPSA) is 66.8 Å². The quantitative estimate of drug-likeness (QED) is 0.529. The summed E-state index contributed by atoms with van der Waals surface area (Å²) in [5, 5.41) is 10.3. The van der Waals surface area contributed by atoms with Gasteiger partial charge in [-0.15, -0.1) is 0 Å². The Morgan fingerprint density at radius 2 is 1.44 bits per heavy atom. The zero-order valence-corrected chi connectivity index (χ0v) is 18.8. The highest BCUT2D eigenvalue weighted by Crippen LogP contribution is 2.42. The number of nitrogens with zero attached hydrogens (tertiary/aromatic N) is 1. The Labute approximate surface area is 196 Å². The number of likely N-dealkylation sites (N-methyl/N-ethyl adjacent to an activating group) is 1. The lowest BCUT2D eigenvalue weighted by Gasteiger charge is -2.43. The zero-order valence-electron chi connectivity index (χ0n) is 17.2. The number of carboxylic acids is 1. The largest absolute Gasteiger partial charge is 0.478 e. The third-order valence-corrected chi connectivity index (χ3v) is 6.17. The van der Waals surface area contributed by atoms with Crippen LogP contribution in [-0.2, 0) is 16.0 Å². The molecule has 4 rings (SSSR count). The van der Waals surface area contributed by atoms with Gasteiger partial charge in [-0.2, -0.15) is 0 Å².